The van der Waals surface area contributed by atoms with Crippen molar-refractivity contribution >= 4 is 11.7 Å². The fourth-order valence-electron chi connectivity index (χ4n) is 1.34. The highest BCUT2D eigenvalue weighted by atomic mass is 16.1. The number of anilines is 1. The standard InChI is InChI=1S/C11H19N5O/c1-8(5-6-12)7-14-10-4-3-9(15-16-10)11(17)13-2/h3-4,8H,5-7,12H2,1-2H3,(H,13,17)(H,14,16). The van der Waals surface area contributed by atoms with Gasteiger partial charge in [-0.3, -0.25) is 4.79 Å². The number of carbonyl (C=O) groups is 1. The van der Waals surface area contributed by atoms with Gasteiger partial charge in [-0.05, 0) is 31.0 Å². The molecule has 0 spiro atoms. The SMILES string of the molecule is CNC(=O)c1ccc(NCC(C)CCN)nn1. The van der Waals surface area contributed by atoms with Crippen molar-refractivity contribution in [2.24, 2.45) is 11.7 Å². The lowest BCUT2D eigenvalue weighted by Gasteiger charge is -2.11. The molecule has 1 rings (SSSR count). The van der Waals surface area contributed by atoms with Crippen LogP contribution in [0.3, 0.4) is 0 Å². The van der Waals surface area contributed by atoms with Gasteiger partial charge in [-0.1, -0.05) is 6.92 Å². The summed E-state index contributed by atoms with van der Waals surface area (Å²) in [5, 5.41) is 13.4. The zero-order chi connectivity index (χ0) is 12.7. The Morgan fingerprint density at radius 2 is 2.24 bits per heavy atom. The highest BCUT2D eigenvalue weighted by Gasteiger charge is 2.06. The smallest absolute Gasteiger partial charge is 0.271 e. The summed E-state index contributed by atoms with van der Waals surface area (Å²) >= 11 is 0. The van der Waals surface area contributed by atoms with Crippen molar-refractivity contribution in [3.8, 4) is 0 Å². The monoisotopic (exact) mass is 237 g/mol. The van der Waals surface area contributed by atoms with E-state index in [0.717, 1.165) is 13.0 Å². The fourth-order valence-corrected chi connectivity index (χ4v) is 1.34. The van der Waals surface area contributed by atoms with E-state index in [1.807, 2.05) is 0 Å². The fraction of sp³-hybridized carbons (Fsp3) is 0.545. The zero-order valence-electron chi connectivity index (χ0n) is 10.2. The number of carbonyl (C=O) groups excluding carboxylic acids is 1. The Labute approximate surface area is 101 Å². The van der Waals surface area contributed by atoms with E-state index >= 15 is 0 Å². The number of nitrogens with zero attached hydrogens (tertiary/aromatic N) is 2. The van der Waals surface area contributed by atoms with Crippen LogP contribution in [0.2, 0.25) is 0 Å². The molecule has 1 heterocycles. The van der Waals surface area contributed by atoms with Gasteiger partial charge in [-0.2, -0.15) is 0 Å². The molecule has 0 fully saturated rings. The Balaban J connectivity index is 2.48. The Hall–Kier alpha value is -1.69. The molecule has 0 aliphatic heterocycles. The predicted octanol–water partition coefficient (Wildman–Crippen LogP) is 0.233. The van der Waals surface area contributed by atoms with E-state index in [2.05, 4.69) is 27.8 Å². The summed E-state index contributed by atoms with van der Waals surface area (Å²) in [6.07, 6.45) is 0.969. The molecular weight excluding hydrogens is 218 g/mol. The topological polar surface area (TPSA) is 92.9 Å². The van der Waals surface area contributed by atoms with Crippen molar-refractivity contribution in [1.29, 1.82) is 0 Å². The van der Waals surface area contributed by atoms with Crippen molar-refractivity contribution in [3.05, 3.63) is 17.8 Å². The number of hydrogen-bond acceptors (Lipinski definition) is 5. The van der Waals surface area contributed by atoms with Crippen LogP contribution < -0.4 is 16.4 Å². The highest BCUT2D eigenvalue weighted by molar-refractivity contribution is 5.91. The molecule has 1 atom stereocenters. The van der Waals surface area contributed by atoms with Crippen molar-refractivity contribution in [1.82, 2.24) is 15.5 Å². The number of rotatable bonds is 6. The molecule has 1 amide bonds. The molecule has 17 heavy (non-hydrogen) atoms. The van der Waals surface area contributed by atoms with E-state index in [-0.39, 0.29) is 5.91 Å². The first-order valence-corrected chi connectivity index (χ1v) is 5.67. The van der Waals surface area contributed by atoms with Gasteiger partial charge in [0.25, 0.3) is 5.91 Å². The molecule has 1 unspecified atom stereocenters. The maximum atomic E-state index is 11.2. The van der Waals surface area contributed by atoms with Gasteiger partial charge in [-0.15, -0.1) is 10.2 Å². The lowest BCUT2D eigenvalue weighted by Crippen LogP contribution is -2.20. The summed E-state index contributed by atoms with van der Waals surface area (Å²) in [6, 6.07) is 3.38. The van der Waals surface area contributed by atoms with Crippen LogP contribution in [0.1, 0.15) is 23.8 Å². The summed E-state index contributed by atoms with van der Waals surface area (Å²) in [5.41, 5.74) is 5.78. The van der Waals surface area contributed by atoms with Gasteiger partial charge < -0.3 is 16.4 Å². The summed E-state index contributed by atoms with van der Waals surface area (Å²) in [7, 11) is 1.56. The largest absolute Gasteiger partial charge is 0.368 e. The molecule has 4 N–H and O–H groups in total. The van der Waals surface area contributed by atoms with E-state index in [1.54, 1.807) is 19.2 Å². The molecule has 0 aromatic carbocycles. The van der Waals surface area contributed by atoms with Crippen LogP contribution in [0.5, 0.6) is 0 Å². The van der Waals surface area contributed by atoms with Crippen LogP contribution in [0.15, 0.2) is 12.1 Å². The maximum absolute atomic E-state index is 11.2. The second-order valence-electron chi connectivity index (χ2n) is 3.95. The first-order valence-electron chi connectivity index (χ1n) is 5.67. The third kappa shape index (κ3) is 4.36. The predicted molar refractivity (Wildman–Crippen MR) is 66.7 cm³/mol. The molecule has 6 heteroatoms. The van der Waals surface area contributed by atoms with E-state index < -0.39 is 0 Å². The van der Waals surface area contributed by atoms with Gasteiger partial charge in [0.05, 0.1) is 0 Å². The Kier molecular flexibility index (Phi) is 5.35. The quantitative estimate of drug-likeness (QED) is 0.658. The Morgan fingerprint density at radius 1 is 1.47 bits per heavy atom. The number of hydrogen-bond donors (Lipinski definition) is 3. The molecule has 0 aliphatic rings. The summed E-state index contributed by atoms with van der Waals surface area (Å²) < 4.78 is 0. The lowest BCUT2D eigenvalue weighted by molar-refractivity contribution is 0.0957. The third-order valence-electron chi connectivity index (χ3n) is 2.42. The van der Waals surface area contributed by atoms with Crippen LogP contribution in [0.25, 0.3) is 0 Å². The molecule has 0 saturated carbocycles. The van der Waals surface area contributed by atoms with Gasteiger partial charge >= 0.3 is 0 Å². The molecule has 94 valence electrons. The van der Waals surface area contributed by atoms with Gasteiger partial charge in [0, 0.05) is 13.6 Å². The van der Waals surface area contributed by atoms with Crippen LogP contribution in [-0.4, -0.2) is 36.2 Å². The normalized spacial score (nSPS) is 11.9. The average molecular weight is 237 g/mol. The van der Waals surface area contributed by atoms with E-state index in [4.69, 9.17) is 5.73 Å². The van der Waals surface area contributed by atoms with Gasteiger partial charge in [0.15, 0.2) is 5.69 Å². The third-order valence-corrected chi connectivity index (χ3v) is 2.42. The van der Waals surface area contributed by atoms with E-state index in [9.17, 15) is 4.79 Å². The molecular formula is C11H19N5O. The molecule has 0 saturated heterocycles. The molecule has 0 radical (unpaired) electrons. The molecule has 6 nitrogen and oxygen atoms in total. The maximum Gasteiger partial charge on any atom is 0.271 e. The number of amides is 1. The highest BCUT2D eigenvalue weighted by Crippen LogP contribution is 2.05. The Morgan fingerprint density at radius 3 is 2.76 bits per heavy atom. The van der Waals surface area contributed by atoms with Crippen molar-refractivity contribution in [2.75, 3.05) is 25.5 Å². The second-order valence-corrected chi connectivity index (χ2v) is 3.95. The van der Waals surface area contributed by atoms with Crippen molar-refractivity contribution < 1.29 is 4.79 Å². The number of aromatic nitrogens is 2. The molecule has 0 aliphatic carbocycles. The van der Waals surface area contributed by atoms with Gasteiger partial charge in [0.1, 0.15) is 5.82 Å². The lowest BCUT2D eigenvalue weighted by atomic mass is 10.1. The number of nitrogens with two attached hydrogens (primary N) is 1. The first-order chi connectivity index (χ1) is 8.17. The van der Waals surface area contributed by atoms with E-state index in [1.165, 1.54) is 0 Å². The van der Waals surface area contributed by atoms with Crippen LogP contribution in [-0.2, 0) is 0 Å². The first kappa shape index (κ1) is 13.4. The summed E-state index contributed by atoms with van der Waals surface area (Å²) in [6.45, 7) is 3.60. The molecule has 0 bridgehead atoms. The van der Waals surface area contributed by atoms with Crippen LogP contribution >= 0.6 is 0 Å². The summed E-state index contributed by atoms with van der Waals surface area (Å²) in [5.74, 6) is 0.919. The average Bonchev–Trinajstić information content (AvgIpc) is 2.36. The van der Waals surface area contributed by atoms with Crippen molar-refractivity contribution in [2.45, 2.75) is 13.3 Å². The van der Waals surface area contributed by atoms with Crippen molar-refractivity contribution in [3.63, 3.8) is 0 Å². The van der Waals surface area contributed by atoms with Crippen LogP contribution in [0.4, 0.5) is 5.82 Å². The minimum Gasteiger partial charge on any atom is -0.368 e. The minimum atomic E-state index is -0.236. The Bertz CT molecular complexity index is 351. The van der Waals surface area contributed by atoms with Gasteiger partial charge in [0.2, 0.25) is 0 Å². The second kappa shape index (κ2) is 6.80. The van der Waals surface area contributed by atoms with Crippen LogP contribution in [0, 0.1) is 5.92 Å². The summed E-state index contributed by atoms with van der Waals surface area (Å²) in [4.78, 5) is 11.2. The molecule has 1 aromatic heterocycles. The minimum absolute atomic E-state index is 0.236. The number of nitrogens with one attached hydrogen (secondary N) is 2. The van der Waals surface area contributed by atoms with E-state index in [0.29, 0.717) is 24.0 Å². The van der Waals surface area contributed by atoms with Gasteiger partial charge in [-0.25, -0.2) is 0 Å². The zero-order valence-corrected chi connectivity index (χ0v) is 10.2. The molecule has 1 aromatic rings.